The van der Waals surface area contributed by atoms with E-state index >= 15 is 0 Å². The monoisotopic (exact) mass is 380 g/mol. The number of nitrogens with one attached hydrogen (secondary N) is 2. The Morgan fingerprint density at radius 1 is 1.58 bits per heavy atom. The average molecular weight is 380 g/mol. The number of nitrogens with two attached hydrogens (primary N) is 1. The number of carbonyl (C=O) groups excluding carboxylic acids is 1. The molecule has 1 aromatic heterocycles. The zero-order valence-electron chi connectivity index (χ0n) is 13.1. The summed E-state index contributed by atoms with van der Waals surface area (Å²) in [7, 11) is -2.56. The third kappa shape index (κ3) is 7.36. The number of H-pyrrole nitrogens is 1. The Morgan fingerprint density at radius 2 is 2.29 bits per heavy atom. The van der Waals surface area contributed by atoms with Crippen LogP contribution in [-0.2, 0) is 9.36 Å². The zero-order chi connectivity index (χ0) is 18.2. The number of amides is 1. The van der Waals surface area contributed by atoms with Crippen molar-refractivity contribution >= 4 is 37.4 Å². The van der Waals surface area contributed by atoms with Crippen molar-refractivity contribution in [2.45, 2.75) is 6.04 Å². The molecule has 1 rings (SSSR count). The van der Waals surface area contributed by atoms with Crippen molar-refractivity contribution in [2.24, 2.45) is 5.73 Å². The van der Waals surface area contributed by atoms with Gasteiger partial charge in [-0.05, 0) is 5.21 Å². The molecule has 24 heavy (non-hydrogen) atoms. The predicted molar refractivity (Wildman–Crippen MR) is 90.2 cm³/mol. The second kappa shape index (κ2) is 9.69. The maximum atomic E-state index is 11.6. The summed E-state index contributed by atoms with van der Waals surface area (Å²) in [6.07, 6.45) is 0.668. The molecule has 1 heterocycles. The number of carbonyl (C=O) groups is 1. The van der Waals surface area contributed by atoms with Gasteiger partial charge in [0.15, 0.2) is 0 Å². The van der Waals surface area contributed by atoms with E-state index in [1.165, 1.54) is 21.6 Å². The van der Waals surface area contributed by atoms with Crippen molar-refractivity contribution < 1.29 is 19.1 Å². The molecule has 136 valence electrons. The van der Waals surface area contributed by atoms with Crippen molar-refractivity contribution in [3.8, 4) is 0 Å². The number of aromatic nitrogens is 4. The molecule has 0 saturated carbocycles. The van der Waals surface area contributed by atoms with Gasteiger partial charge < -0.3 is 25.8 Å². The fourth-order valence-electron chi connectivity index (χ4n) is 1.83. The number of anilines is 1. The van der Waals surface area contributed by atoms with Crippen LogP contribution in [0.4, 0.5) is 5.95 Å². The smallest absolute Gasteiger partial charge is 0.339 e. The number of nitrogens with zero attached hydrogens (tertiary/aromatic N) is 5. The molecule has 0 aliphatic carbocycles. The Kier molecular flexibility index (Phi) is 8.28. The number of primary amides is 1. The Morgan fingerprint density at radius 3 is 2.79 bits per heavy atom. The fourth-order valence-corrected chi connectivity index (χ4v) is 3.77. The van der Waals surface area contributed by atoms with Crippen molar-refractivity contribution in [1.82, 2.24) is 25.5 Å². The first-order chi connectivity index (χ1) is 11.2. The van der Waals surface area contributed by atoms with E-state index in [0.717, 1.165) is 6.21 Å². The highest BCUT2D eigenvalue weighted by Gasteiger charge is 2.24. The van der Waals surface area contributed by atoms with E-state index < -0.39 is 25.8 Å². The number of rotatable bonds is 12. The van der Waals surface area contributed by atoms with E-state index in [9.17, 15) is 9.36 Å². The normalized spacial score (nSPS) is 13.0. The van der Waals surface area contributed by atoms with E-state index in [4.69, 9.17) is 20.9 Å². The Balaban J connectivity index is 2.48. The molecule has 6 N–H and O–H groups in total. The van der Waals surface area contributed by atoms with Gasteiger partial charge in [-0.25, -0.2) is 0 Å². The standard InChI is InChI=1S/C10H21N8O4PS/c1-17(10-13-15-16-14-10)8(9(12)19)6-24-5-4-18(3-2-11)7-23(20,21)22/h2,8,11H,3-7H2,1H3,(H2,12,19)(H2,20,21,22)(H,13,14,15,16)/t8-/m0/s1. The molecule has 1 amide bonds. The highest BCUT2D eigenvalue weighted by Crippen LogP contribution is 2.34. The van der Waals surface area contributed by atoms with E-state index in [-0.39, 0.29) is 12.5 Å². The molecule has 0 fully saturated rings. The summed E-state index contributed by atoms with van der Waals surface area (Å²) in [6, 6.07) is -0.648. The average Bonchev–Trinajstić information content (AvgIpc) is 2.98. The maximum absolute atomic E-state index is 11.6. The van der Waals surface area contributed by atoms with Crippen LogP contribution in [0, 0.1) is 5.41 Å². The highest BCUT2D eigenvalue weighted by molar-refractivity contribution is 7.99. The van der Waals surface area contributed by atoms with Crippen molar-refractivity contribution in [3.05, 3.63) is 0 Å². The molecule has 12 nitrogen and oxygen atoms in total. The van der Waals surface area contributed by atoms with Crippen molar-refractivity contribution in [3.63, 3.8) is 0 Å². The summed E-state index contributed by atoms with van der Waals surface area (Å²) >= 11 is 1.40. The van der Waals surface area contributed by atoms with E-state index in [2.05, 4.69) is 20.6 Å². The van der Waals surface area contributed by atoms with Crippen LogP contribution in [0.3, 0.4) is 0 Å². The molecular formula is C10H21N8O4PS. The number of likely N-dealkylation sites (N-methyl/N-ethyl adjacent to an activating group) is 1. The lowest BCUT2D eigenvalue weighted by Gasteiger charge is -2.24. The molecule has 0 aliphatic heterocycles. The van der Waals surface area contributed by atoms with Crippen molar-refractivity contribution in [1.29, 1.82) is 5.41 Å². The number of tetrazole rings is 1. The van der Waals surface area contributed by atoms with Gasteiger partial charge in [-0.3, -0.25) is 14.3 Å². The molecule has 0 aromatic carbocycles. The first-order valence-electron chi connectivity index (χ1n) is 6.83. The summed E-state index contributed by atoms with van der Waals surface area (Å²) < 4.78 is 11.0. The summed E-state index contributed by atoms with van der Waals surface area (Å²) in [5.41, 5.74) is 5.39. The van der Waals surface area contributed by atoms with E-state index in [1.807, 2.05) is 0 Å². The third-order valence-electron chi connectivity index (χ3n) is 3.01. The minimum absolute atomic E-state index is 0.147. The van der Waals surface area contributed by atoms with Crippen LogP contribution in [0.15, 0.2) is 0 Å². The van der Waals surface area contributed by atoms with Crippen LogP contribution in [-0.4, -0.2) is 91.4 Å². The first kappa shape index (κ1) is 20.5. The van der Waals surface area contributed by atoms with Crippen LogP contribution in [0.1, 0.15) is 0 Å². The molecule has 1 aromatic rings. The Labute approximate surface area is 142 Å². The molecule has 14 heteroatoms. The molecule has 0 unspecified atom stereocenters. The van der Waals surface area contributed by atoms with Gasteiger partial charge in [-0.2, -0.15) is 17.0 Å². The van der Waals surface area contributed by atoms with Crippen LogP contribution in [0.5, 0.6) is 0 Å². The molecule has 0 radical (unpaired) electrons. The van der Waals surface area contributed by atoms with Gasteiger partial charge in [0.2, 0.25) is 5.91 Å². The second-order valence-corrected chi connectivity index (χ2v) is 7.67. The molecule has 0 saturated heterocycles. The lowest BCUT2D eigenvalue weighted by molar-refractivity contribution is -0.118. The summed E-state index contributed by atoms with van der Waals surface area (Å²) in [5.74, 6) is 0.569. The number of aromatic amines is 1. The molecular weight excluding hydrogens is 359 g/mol. The zero-order valence-corrected chi connectivity index (χ0v) is 14.8. The molecule has 0 bridgehead atoms. The second-order valence-electron chi connectivity index (χ2n) is 4.90. The summed E-state index contributed by atoms with van der Waals surface area (Å²) in [4.78, 5) is 32.6. The van der Waals surface area contributed by atoms with E-state index in [1.54, 1.807) is 7.05 Å². The topological polar surface area (TPSA) is 185 Å². The van der Waals surface area contributed by atoms with E-state index in [0.29, 0.717) is 18.1 Å². The Hall–Kier alpha value is -1.53. The van der Waals surface area contributed by atoms with Gasteiger partial charge in [0.05, 0.1) is 0 Å². The quantitative estimate of drug-likeness (QED) is 0.159. The number of hydrogen-bond acceptors (Lipinski definition) is 9. The molecule has 0 aliphatic rings. The van der Waals surface area contributed by atoms with Crippen LogP contribution in [0.2, 0.25) is 0 Å². The van der Waals surface area contributed by atoms with Crippen LogP contribution < -0.4 is 10.6 Å². The SMILES string of the molecule is CN(c1nn[nH]n1)[C@@H](CSCCN(CC=N)CP(=O)(O)O)C(N)=O. The van der Waals surface area contributed by atoms with Gasteiger partial charge >= 0.3 is 7.60 Å². The first-order valence-corrected chi connectivity index (χ1v) is 9.79. The lowest BCUT2D eigenvalue weighted by atomic mass is 10.3. The molecule has 1 atom stereocenters. The maximum Gasteiger partial charge on any atom is 0.339 e. The number of thioether (sulfide) groups is 1. The minimum atomic E-state index is -4.18. The Bertz CT molecular complexity index is 567. The van der Waals surface area contributed by atoms with Gasteiger partial charge in [0.25, 0.3) is 5.95 Å². The minimum Gasteiger partial charge on any atom is -0.368 e. The number of hydrogen-bond donors (Lipinski definition) is 5. The highest BCUT2D eigenvalue weighted by atomic mass is 32.2. The fraction of sp³-hybridized carbons (Fsp3) is 0.700. The van der Waals surface area contributed by atoms with Gasteiger partial charge in [0, 0.05) is 37.9 Å². The van der Waals surface area contributed by atoms with Gasteiger partial charge in [0.1, 0.15) is 12.3 Å². The van der Waals surface area contributed by atoms with Crippen molar-refractivity contribution in [2.75, 3.05) is 42.8 Å². The molecule has 0 spiro atoms. The third-order valence-corrected chi connectivity index (χ3v) is 4.80. The van der Waals surface area contributed by atoms with Crippen LogP contribution in [0.25, 0.3) is 0 Å². The predicted octanol–water partition coefficient (Wildman–Crippen LogP) is -1.69. The van der Waals surface area contributed by atoms with Crippen LogP contribution >= 0.6 is 19.4 Å². The lowest BCUT2D eigenvalue weighted by Crippen LogP contribution is -2.45. The summed E-state index contributed by atoms with van der Waals surface area (Å²) in [5, 5.41) is 20.3. The summed E-state index contributed by atoms with van der Waals surface area (Å²) in [6.45, 7) is 0.510. The van der Waals surface area contributed by atoms with Gasteiger partial charge in [-0.1, -0.05) is 5.10 Å². The van der Waals surface area contributed by atoms with Gasteiger partial charge in [-0.15, -0.1) is 5.10 Å². The largest absolute Gasteiger partial charge is 0.368 e.